The van der Waals surface area contributed by atoms with E-state index in [0.29, 0.717) is 0 Å². The number of nitrogens with two attached hydrogens (primary N) is 1. The summed E-state index contributed by atoms with van der Waals surface area (Å²) in [5.74, 6) is 0. The normalized spacial score (nSPS) is 20.9. The fourth-order valence-electron chi connectivity index (χ4n) is 3.26. The van der Waals surface area contributed by atoms with Crippen LogP contribution in [0.5, 0.6) is 0 Å². The van der Waals surface area contributed by atoms with Crippen LogP contribution in [0, 0.1) is 12.3 Å². The molecule has 0 aromatic carbocycles. The Morgan fingerprint density at radius 3 is 2.90 bits per heavy atom. The van der Waals surface area contributed by atoms with Gasteiger partial charge in [-0.2, -0.15) is 0 Å². The first-order valence-electron chi connectivity index (χ1n) is 7.33. The Morgan fingerprint density at radius 2 is 2.25 bits per heavy atom. The van der Waals surface area contributed by atoms with Crippen molar-refractivity contribution in [3.8, 4) is 5.13 Å². The molecule has 0 aliphatic heterocycles. The van der Waals surface area contributed by atoms with Crippen molar-refractivity contribution in [3.05, 3.63) is 34.1 Å². The first-order chi connectivity index (χ1) is 9.41. The van der Waals surface area contributed by atoms with Crippen LogP contribution < -0.4 is 5.73 Å². The van der Waals surface area contributed by atoms with E-state index in [1.807, 2.05) is 0 Å². The average Bonchev–Trinajstić information content (AvgIpc) is 2.91. The number of aryl methyl sites for hydroxylation is 2. The van der Waals surface area contributed by atoms with Gasteiger partial charge in [0.1, 0.15) is 0 Å². The summed E-state index contributed by atoms with van der Waals surface area (Å²) in [5, 5.41) is 1.09. The van der Waals surface area contributed by atoms with E-state index >= 15 is 0 Å². The van der Waals surface area contributed by atoms with Gasteiger partial charge >= 0.3 is 0 Å². The molecule has 3 rings (SSSR count). The van der Waals surface area contributed by atoms with E-state index in [2.05, 4.69) is 44.5 Å². The lowest BCUT2D eigenvalue weighted by molar-refractivity contribution is 0.278. The molecule has 1 aliphatic carbocycles. The summed E-state index contributed by atoms with van der Waals surface area (Å²) < 4.78 is 2.26. The lowest BCUT2D eigenvalue weighted by atomic mass is 9.75. The molecule has 4 heteroatoms. The van der Waals surface area contributed by atoms with Crippen LogP contribution in [0.15, 0.2) is 12.3 Å². The Labute approximate surface area is 124 Å². The number of hydrogen-bond donors (Lipinski definition) is 1. The zero-order chi connectivity index (χ0) is 14.5. The van der Waals surface area contributed by atoms with Crippen LogP contribution in [0.25, 0.3) is 5.13 Å². The first-order valence-corrected chi connectivity index (χ1v) is 8.15. The molecule has 3 nitrogen and oxygen atoms in total. The van der Waals surface area contributed by atoms with Crippen molar-refractivity contribution in [1.29, 1.82) is 0 Å². The van der Waals surface area contributed by atoms with Gasteiger partial charge in [-0.05, 0) is 43.2 Å². The minimum atomic E-state index is 0.154. The van der Waals surface area contributed by atoms with E-state index in [1.54, 1.807) is 11.3 Å². The van der Waals surface area contributed by atoms with Gasteiger partial charge in [0.15, 0.2) is 5.13 Å². The third-order valence-electron chi connectivity index (χ3n) is 4.27. The third-order valence-corrected chi connectivity index (χ3v) is 5.28. The molecule has 0 bridgehead atoms. The molecule has 0 spiro atoms. The Balaban J connectivity index is 2.08. The van der Waals surface area contributed by atoms with Crippen LogP contribution in [-0.4, -0.2) is 9.55 Å². The van der Waals surface area contributed by atoms with Crippen LogP contribution >= 0.6 is 11.3 Å². The van der Waals surface area contributed by atoms with E-state index < -0.39 is 0 Å². The van der Waals surface area contributed by atoms with Crippen molar-refractivity contribution in [3.63, 3.8) is 0 Å². The number of rotatable bonds is 2. The maximum Gasteiger partial charge on any atom is 0.194 e. The Hall–Kier alpha value is -1.13. The fraction of sp³-hybridized carbons (Fsp3) is 0.562. The van der Waals surface area contributed by atoms with Gasteiger partial charge in [-0.25, -0.2) is 4.98 Å². The Morgan fingerprint density at radius 1 is 1.50 bits per heavy atom. The van der Waals surface area contributed by atoms with Crippen molar-refractivity contribution in [2.45, 2.75) is 53.0 Å². The summed E-state index contributed by atoms with van der Waals surface area (Å²) in [7, 11) is 0. The molecule has 1 aliphatic rings. The predicted molar refractivity (Wildman–Crippen MR) is 84.6 cm³/mol. The maximum atomic E-state index is 6.34. The molecule has 20 heavy (non-hydrogen) atoms. The van der Waals surface area contributed by atoms with Gasteiger partial charge in [-0.15, -0.1) is 11.3 Å². The van der Waals surface area contributed by atoms with Gasteiger partial charge < -0.3 is 5.73 Å². The summed E-state index contributed by atoms with van der Waals surface area (Å²) >= 11 is 1.78. The molecule has 2 N–H and O–H groups in total. The molecular formula is C16H23N3S. The van der Waals surface area contributed by atoms with Crippen LogP contribution in [0.2, 0.25) is 0 Å². The number of fused-ring (bicyclic) bond motifs is 1. The van der Waals surface area contributed by atoms with Crippen molar-refractivity contribution < 1.29 is 0 Å². The van der Waals surface area contributed by atoms with E-state index in [-0.39, 0.29) is 11.5 Å². The molecule has 2 aromatic rings. The second-order valence-electron chi connectivity index (χ2n) is 6.59. The molecule has 0 saturated heterocycles. The van der Waals surface area contributed by atoms with Crippen molar-refractivity contribution in [1.82, 2.24) is 9.55 Å². The topological polar surface area (TPSA) is 43.8 Å². The zero-order valence-electron chi connectivity index (χ0n) is 12.7. The summed E-state index contributed by atoms with van der Waals surface area (Å²) in [6.07, 6.45) is 5.27. The molecule has 0 radical (unpaired) electrons. The molecule has 0 saturated carbocycles. The van der Waals surface area contributed by atoms with E-state index in [0.717, 1.165) is 24.4 Å². The second-order valence-corrected chi connectivity index (χ2v) is 7.77. The largest absolute Gasteiger partial charge is 0.324 e. The zero-order valence-corrected chi connectivity index (χ0v) is 13.5. The summed E-state index contributed by atoms with van der Waals surface area (Å²) in [6, 6.07) is 2.33. The molecule has 1 atom stereocenters. The SMILES string of the molecule is CCc1nc(-n2ccc3c2CC(C)(C)CC3N)sc1C. The number of thiazole rings is 1. The first kappa shape index (κ1) is 13.8. The fourth-order valence-corrected chi connectivity index (χ4v) is 4.27. The van der Waals surface area contributed by atoms with Gasteiger partial charge in [-0.1, -0.05) is 20.8 Å². The van der Waals surface area contributed by atoms with Gasteiger partial charge in [-0.3, -0.25) is 4.57 Å². The molecule has 2 aromatic heterocycles. The monoisotopic (exact) mass is 289 g/mol. The predicted octanol–water partition coefficient (Wildman–Crippen LogP) is 3.78. The summed E-state index contributed by atoms with van der Waals surface area (Å²) in [5.41, 5.74) is 10.5. The van der Waals surface area contributed by atoms with E-state index in [9.17, 15) is 0 Å². The minimum Gasteiger partial charge on any atom is -0.324 e. The van der Waals surface area contributed by atoms with Crippen LogP contribution in [0.1, 0.15) is 55.1 Å². The highest BCUT2D eigenvalue weighted by atomic mass is 32.1. The van der Waals surface area contributed by atoms with Crippen molar-refractivity contribution in [2.75, 3.05) is 0 Å². The smallest absolute Gasteiger partial charge is 0.194 e. The lowest BCUT2D eigenvalue weighted by Gasteiger charge is -2.34. The second kappa shape index (κ2) is 4.71. The van der Waals surface area contributed by atoms with Crippen molar-refractivity contribution >= 4 is 11.3 Å². The van der Waals surface area contributed by atoms with Gasteiger partial charge in [0.05, 0.1) is 5.69 Å². The average molecular weight is 289 g/mol. The van der Waals surface area contributed by atoms with Gasteiger partial charge in [0.2, 0.25) is 0 Å². The van der Waals surface area contributed by atoms with E-state index in [4.69, 9.17) is 10.7 Å². The summed E-state index contributed by atoms with van der Waals surface area (Å²) in [4.78, 5) is 6.12. The Bertz CT molecular complexity index is 636. The molecule has 108 valence electrons. The van der Waals surface area contributed by atoms with Crippen LogP contribution in [0.4, 0.5) is 0 Å². The molecule has 0 amide bonds. The highest BCUT2D eigenvalue weighted by molar-refractivity contribution is 7.14. The lowest BCUT2D eigenvalue weighted by Crippen LogP contribution is -2.30. The van der Waals surface area contributed by atoms with E-state index in [1.165, 1.54) is 21.8 Å². The highest BCUT2D eigenvalue weighted by Gasteiger charge is 2.33. The molecule has 1 unspecified atom stereocenters. The van der Waals surface area contributed by atoms with Crippen LogP contribution in [-0.2, 0) is 12.8 Å². The van der Waals surface area contributed by atoms with Crippen molar-refractivity contribution in [2.24, 2.45) is 11.1 Å². The Kier molecular flexibility index (Phi) is 3.26. The highest BCUT2D eigenvalue weighted by Crippen LogP contribution is 2.41. The molecule has 2 heterocycles. The maximum absolute atomic E-state index is 6.34. The van der Waals surface area contributed by atoms with Crippen LogP contribution in [0.3, 0.4) is 0 Å². The number of nitrogens with zero attached hydrogens (tertiary/aromatic N) is 2. The minimum absolute atomic E-state index is 0.154. The molecule has 0 fully saturated rings. The molecular weight excluding hydrogens is 266 g/mol. The van der Waals surface area contributed by atoms with Gasteiger partial charge in [0.25, 0.3) is 0 Å². The number of aromatic nitrogens is 2. The number of hydrogen-bond acceptors (Lipinski definition) is 3. The summed E-state index contributed by atoms with van der Waals surface area (Å²) in [6.45, 7) is 8.93. The standard InChI is InChI=1S/C16H23N3S/c1-5-13-10(2)20-15(18-13)19-7-6-11-12(17)8-16(3,4)9-14(11)19/h6-7,12H,5,8-9,17H2,1-4H3. The van der Waals surface area contributed by atoms with Gasteiger partial charge in [0, 0.05) is 22.8 Å². The quantitative estimate of drug-likeness (QED) is 0.914. The third kappa shape index (κ3) is 2.21.